The van der Waals surface area contributed by atoms with Gasteiger partial charge in [0.05, 0.1) is 12.5 Å². The first-order valence-electron chi connectivity index (χ1n) is 6.22. The van der Waals surface area contributed by atoms with Crippen molar-refractivity contribution in [1.29, 1.82) is 0 Å². The van der Waals surface area contributed by atoms with Crippen molar-refractivity contribution >= 4 is 27.3 Å². The summed E-state index contributed by atoms with van der Waals surface area (Å²) in [5.41, 5.74) is 1.65. The zero-order valence-corrected chi connectivity index (χ0v) is 12.9. The number of benzene rings is 1. The van der Waals surface area contributed by atoms with E-state index in [-0.39, 0.29) is 10.6 Å². The lowest BCUT2D eigenvalue weighted by atomic mass is 10.0. The molecule has 1 atom stereocenters. The van der Waals surface area contributed by atoms with E-state index in [4.69, 9.17) is 5.11 Å². The molecule has 21 heavy (non-hydrogen) atoms. The minimum Gasteiger partial charge on any atom is -0.481 e. The summed E-state index contributed by atoms with van der Waals surface area (Å²) < 4.78 is 27.1. The van der Waals surface area contributed by atoms with E-state index in [2.05, 4.69) is 4.72 Å². The largest absolute Gasteiger partial charge is 0.481 e. The van der Waals surface area contributed by atoms with Gasteiger partial charge < -0.3 is 5.11 Å². The molecule has 0 spiro atoms. The molecule has 0 aliphatic rings. The molecule has 0 radical (unpaired) electrons. The number of nitrogens with one attached hydrogen (secondary N) is 1. The van der Waals surface area contributed by atoms with Crippen molar-refractivity contribution in [1.82, 2.24) is 4.72 Å². The van der Waals surface area contributed by atoms with Gasteiger partial charge in [0.2, 0.25) is 0 Å². The first kappa shape index (κ1) is 15.7. The lowest BCUT2D eigenvalue weighted by molar-refractivity contribution is -0.137. The van der Waals surface area contributed by atoms with Crippen LogP contribution in [0.25, 0.3) is 0 Å². The van der Waals surface area contributed by atoms with E-state index in [1.165, 1.54) is 6.07 Å². The molecule has 0 aliphatic carbocycles. The third-order valence-electron chi connectivity index (χ3n) is 2.92. The van der Waals surface area contributed by atoms with Crippen LogP contribution in [0.4, 0.5) is 0 Å². The van der Waals surface area contributed by atoms with Crippen molar-refractivity contribution in [2.24, 2.45) is 0 Å². The van der Waals surface area contributed by atoms with Gasteiger partial charge in [-0.2, -0.15) is 0 Å². The van der Waals surface area contributed by atoms with Crippen LogP contribution in [-0.2, 0) is 14.8 Å². The topological polar surface area (TPSA) is 83.5 Å². The summed E-state index contributed by atoms with van der Waals surface area (Å²) in [6, 6.07) is 9.44. The molecule has 1 heterocycles. The zero-order chi connectivity index (χ0) is 15.5. The van der Waals surface area contributed by atoms with Crippen LogP contribution >= 0.6 is 11.3 Å². The van der Waals surface area contributed by atoms with Crippen LogP contribution in [0.2, 0.25) is 0 Å². The molecule has 0 amide bonds. The van der Waals surface area contributed by atoms with Crippen molar-refractivity contribution in [2.45, 2.75) is 23.6 Å². The molecule has 7 heteroatoms. The molecular formula is C14H15NO4S2. The fraction of sp³-hybridized carbons (Fsp3) is 0.214. The van der Waals surface area contributed by atoms with Gasteiger partial charge >= 0.3 is 5.97 Å². The fourth-order valence-electron chi connectivity index (χ4n) is 1.86. The monoisotopic (exact) mass is 325 g/mol. The Balaban J connectivity index is 2.29. The summed E-state index contributed by atoms with van der Waals surface area (Å²) in [4.78, 5) is 11.0. The molecule has 0 saturated heterocycles. The molecule has 0 unspecified atom stereocenters. The van der Waals surface area contributed by atoms with Gasteiger partial charge in [-0.15, -0.1) is 11.3 Å². The average molecular weight is 325 g/mol. The second kappa shape index (κ2) is 6.38. The maximum Gasteiger partial charge on any atom is 0.305 e. The molecule has 1 aromatic carbocycles. The second-order valence-electron chi connectivity index (χ2n) is 4.61. The van der Waals surface area contributed by atoms with Crippen LogP contribution in [0, 0.1) is 6.92 Å². The van der Waals surface area contributed by atoms with E-state index in [0.29, 0.717) is 5.56 Å². The average Bonchev–Trinajstić information content (AvgIpc) is 2.92. The zero-order valence-electron chi connectivity index (χ0n) is 11.3. The van der Waals surface area contributed by atoms with Gasteiger partial charge in [-0.05, 0) is 23.9 Å². The van der Waals surface area contributed by atoms with Crippen LogP contribution in [0.1, 0.15) is 23.6 Å². The lowest BCUT2D eigenvalue weighted by Crippen LogP contribution is -2.29. The third kappa shape index (κ3) is 4.13. The number of carboxylic acid groups (broad SMARTS) is 1. The number of rotatable bonds is 6. The van der Waals surface area contributed by atoms with Crippen molar-refractivity contribution in [2.75, 3.05) is 0 Å². The minimum absolute atomic E-state index is 0.171. The Bertz CT molecular complexity index is 706. The highest BCUT2D eigenvalue weighted by Crippen LogP contribution is 2.23. The van der Waals surface area contributed by atoms with E-state index in [1.807, 2.05) is 19.1 Å². The van der Waals surface area contributed by atoms with Gasteiger partial charge in [0.1, 0.15) is 4.21 Å². The Kier molecular flexibility index (Phi) is 4.76. The van der Waals surface area contributed by atoms with Gasteiger partial charge in [0.15, 0.2) is 0 Å². The summed E-state index contributed by atoms with van der Waals surface area (Å²) in [6.07, 6.45) is -0.312. The van der Waals surface area contributed by atoms with Gasteiger partial charge in [0, 0.05) is 0 Å². The molecule has 2 rings (SSSR count). The Morgan fingerprint density at radius 1 is 1.29 bits per heavy atom. The molecule has 0 bridgehead atoms. The van der Waals surface area contributed by atoms with Crippen LogP contribution in [0.15, 0.2) is 46.0 Å². The second-order valence-corrected chi connectivity index (χ2v) is 7.50. The highest BCUT2D eigenvalue weighted by atomic mass is 32.2. The van der Waals surface area contributed by atoms with Crippen molar-refractivity contribution < 1.29 is 18.3 Å². The summed E-state index contributed by atoms with van der Waals surface area (Å²) in [7, 11) is -3.71. The minimum atomic E-state index is -3.71. The summed E-state index contributed by atoms with van der Waals surface area (Å²) >= 11 is 1.09. The van der Waals surface area contributed by atoms with Crippen LogP contribution in [0.3, 0.4) is 0 Å². The van der Waals surface area contributed by atoms with Crippen LogP contribution in [-0.4, -0.2) is 19.5 Å². The van der Waals surface area contributed by atoms with Crippen LogP contribution < -0.4 is 4.72 Å². The smallest absolute Gasteiger partial charge is 0.305 e. The van der Waals surface area contributed by atoms with E-state index in [1.54, 1.807) is 23.6 Å². The van der Waals surface area contributed by atoms with Crippen molar-refractivity contribution in [3.05, 3.63) is 52.9 Å². The highest BCUT2D eigenvalue weighted by molar-refractivity contribution is 7.91. The maximum absolute atomic E-state index is 12.2. The molecule has 1 aromatic heterocycles. The molecule has 112 valence electrons. The molecule has 0 aliphatic heterocycles. The molecule has 0 fully saturated rings. The Morgan fingerprint density at radius 2 is 1.95 bits per heavy atom. The van der Waals surface area contributed by atoms with E-state index in [0.717, 1.165) is 16.9 Å². The number of carbonyl (C=O) groups is 1. The van der Waals surface area contributed by atoms with Gasteiger partial charge in [0.25, 0.3) is 10.0 Å². The van der Waals surface area contributed by atoms with Crippen molar-refractivity contribution in [3.63, 3.8) is 0 Å². The highest BCUT2D eigenvalue weighted by Gasteiger charge is 2.24. The quantitative estimate of drug-likeness (QED) is 0.855. The number of hydrogen-bond acceptors (Lipinski definition) is 4. The molecule has 0 saturated carbocycles. The number of carboxylic acids is 1. The van der Waals surface area contributed by atoms with E-state index in [9.17, 15) is 13.2 Å². The number of aryl methyl sites for hydroxylation is 1. The predicted molar refractivity (Wildman–Crippen MR) is 80.8 cm³/mol. The molecular weight excluding hydrogens is 310 g/mol. The maximum atomic E-state index is 12.2. The fourth-order valence-corrected chi connectivity index (χ4v) is 4.10. The molecule has 2 N–H and O–H groups in total. The Labute approximate surface area is 127 Å². The van der Waals surface area contributed by atoms with Crippen LogP contribution in [0.5, 0.6) is 0 Å². The number of aliphatic carboxylic acids is 1. The Morgan fingerprint density at radius 3 is 2.48 bits per heavy atom. The standard InChI is InChI=1S/C14H15NO4S2/c1-10-4-6-11(7-5-10)12(9-13(16)17)15-21(18,19)14-3-2-8-20-14/h2-8,12,15H,9H2,1H3,(H,16,17)/t12-/m0/s1. The van der Waals surface area contributed by atoms with Gasteiger partial charge in [-0.1, -0.05) is 35.9 Å². The summed E-state index contributed by atoms with van der Waals surface area (Å²) in [5.74, 6) is -1.06. The molecule has 5 nitrogen and oxygen atoms in total. The normalized spacial score (nSPS) is 13.0. The van der Waals surface area contributed by atoms with E-state index < -0.39 is 22.0 Å². The summed E-state index contributed by atoms with van der Waals surface area (Å²) in [5, 5.41) is 10.7. The number of hydrogen-bond donors (Lipinski definition) is 2. The molecule has 2 aromatic rings. The SMILES string of the molecule is Cc1ccc([C@H](CC(=O)O)NS(=O)(=O)c2cccs2)cc1. The van der Waals surface area contributed by atoms with Gasteiger partial charge in [-0.25, -0.2) is 13.1 Å². The van der Waals surface area contributed by atoms with Gasteiger partial charge in [-0.3, -0.25) is 4.79 Å². The van der Waals surface area contributed by atoms with E-state index >= 15 is 0 Å². The Hall–Kier alpha value is -1.70. The first-order chi connectivity index (χ1) is 9.88. The summed E-state index contributed by atoms with van der Waals surface area (Å²) in [6.45, 7) is 1.91. The predicted octanol–water partition coefficient (Wildman–Crippen LogP) is 2.55. The number of sulfonamides is 1. The lowest BCUT2D eigenvalue weighted by Gasteiger charge is -2.17. The number of thiophene rings is 1. The third-order valence-corrected chi connectivity index (χ3v) is 5.78. The van der Waals surface area contributed by atoms with Crippen molar-refractivity contribution in [3.8, 4) is 0 Å². The first-order valence-corrected chi connectivity index (χ1v) is 8.59.